The predicted molar refractivity (Wildman–Crippen MR) is 84.0 cm³/mol. The Morgan fingerprint density at radius 1 is 1.33 bits per heavy atom. The Hall–Kier alpha value is -1.98. The summed E-state index contributed by atoms with van der Waals surface area (Å²) in [5.74, 6) is 0.452. The maximum absolute atomic E-state index is 11.8. The molecule has 0 bridgehead atoms. The van der Waals surface area contributed by atoms with Crippen molar-refractivity contribution in [3.05, 3.63) is 46.1 Å². The van der Waals surface area contributed by atoms with Crippen molar-refractivity contribution in [2.75, 3.05) is 17.7 Å². The third-order valence-corrected chi connectivity index (χ3v) is 3.18. The van der Waals surface area contributed by atoms with Crippen molar-refractivity contribution >= 4 is 40.6 Å². The number of nitrogens with zero attached hydrogens (tertiary/aromatic N) is 1. The number of carbonyl (C=O) groups is 1. The number of aromatic nitrogens is 1. The number of aryl methyl sites for hydroxylation is 1. The van der Waals surface area contributed by atoms with Crippen LogP contribution in [0.4, 0.5) is 11.5 Å². The van der Waals surface area contributed by atoms with Crippen LogP contribution in [0.1, 0.15) is 5.69 Å². The fourth-order valence-corrected chi connectivity index (χ4v) is 2.02. The van der Waals surface area contributed by atoms with Gasteiger partial charge in [-0.2, -0.15) is 0 Å². The first-order valence-electron chi connectivity index (χ1n) is 6.06. The molecule has 1 amide bonds. The number of nitrogens with one attached hydrogen (secondary N) is 1. The van der Waals surface area contributed by atoms with Crippen LogP contribution in [0.25, 0.3) is 0 Å². The lowest BCUT2D eigenvalue weighted by molar-refractivity contribution is -0.118. The van der Waals surface area contributed by atoms with Gasteiger partial charge in [-0.05, 0) is 37.3 Å². The molecule has 1 aromatic carbocycles. The number of carbonyl (C=O) groups excluding carboxylic acids is 1. The van der Waals surface area contributed by atoms with Crippen LogP contribution in [0.5, 0.6) is 5.75 Å². The summed E-state index contributed by atoms with van der Waals surface area (Å²) in [6.45, 7) is 1.57. The Balaban J connectivity index is 1.94. The minimum absolute atomic E-state index is 0.188. The zero-order chi connectivity index (χ0) is 15.4. The number of amides is 1. The molecule has 2 rings (SSSR count). The summed E-state index contributed by atoms with van der Waals surface area (Å²) >= 11 is 11.7. The molecular weight excluding hydrogens is 313 g/mol. The van der Waals surface area contributed by atoms with E-state index >= 15 is 0 Å². The highest BCUT2D eigenvalue weighted by Gasteiger charge is 2.08. The Labute approximate surface area is 132 Å². The zero-order valence-electron chi connectivity index (χ0n) is 11.2. The molecule has 0 aliphatic heterocycles. The number of nitrogens with two attached hydrogens (primary N) is 1. The standard InChI is InChI=1S/C14H13Cl2N3O2/c1-8-11(17)3-5-13(18-8)19-14(20)7-21-12-4-2-9(15)6-10(12)16/h2-6H,7,17H2,1H3,(H,18,19,20). The molecule has 0 radical (unpaired) electrons. The first-order chi connectivity index (χ1) is 9.95. The topological polar surface area (TPSA) is 77.2 Å². The summed E-state index contributed by atoms with van der Waals surface area (Å²) in [6, 6.07) is 8.07. The van der Waals surface area contributed by atoms with Crippen LogP contribution in [0.2, 0.25) is 10.0 Å². The maximum Gasteiger partial charge on any atom is 0.263 e. The molecule has 0 fully saturated rings. The summed E-state index contributed by atoms with van der Waals surface area (Å²) in [7, 11) is 0. The molecule has 0 aliphatic carbocycles. The molecule has 110 valence electrons. The molecule has 0 saturated carbocycles. The van der Waals surface area contributed by atoms with E-state index in [0.717, 1.165) is 0 Å². The van der Waals surface area contributed by atoms with Gasteiger partial charge in [0.25, 0.3) is 5.91 Å². The van der Waals surface area contributed by atoms with Crippen molar-refractivity contribution in [1.29, 1.82) is 0 Å². The molecule has 0 atom stereocenters. The van der Waals surface area contributed by atoms with Gasteiger partial charge in [-0.25, -0.2) is 4.98 Å². The number of hydrogen-bond donors (Lipinski definition) is 2. The van der Waals surface area contributed by atoms with Crippen molar-refractivity contribution in [3.63, 3.8) is 0 Å². The maximum atomic E-state index is 11.8. The van der Waals surface area contributed by atoms with Crippen molar-refractivity contribution in [2.24, 2.45) is 0 Å². The van der Waals surface area contributed by atoms with Gasteiger partial charge in [0.1, 0.15) is 11.6 Å². The number of ether oxygens (including phenoxy) is 1. The van der Waals surface area contributed by atoms with Gasteiger partial charge in [-0.1, -0.05) is 23.2 Å². The Morgan fingerprint density at radius 2 is 2.10 bits per heavy atom. The second-order valence-corrected chi connectivity index (χ2v) is 5.13. The number of rotatable bonds is 4. The average molecular weight is 326 g/mol. The van der Waals surface area contributed by atoms with E-state index in [9.17, 15) is 4.79 Å². The largest absolute Gasteiger partial charge is 0.482 e. The highest BCUT2D eigenvalue weighted by molar-refractivity contribution is 6.35. The summed E-state index contributed by atoms with van der Waals surface area (Å²) in [6.07, 6.45) is 0. The Bertz CT molecular complexity index is 677. The van der Waals surface area contributed by atoms with Crippen LogP contribution in [0.3, 0.4) is 0 Å². The van der Waals surface area contributed by atoms with E-state index in [1.807, 2.05) is 0 Å². The van der Waals surface area contributed by atoms with Gasteiger partial charge in [0.05, 0.1) is 16.4 Å². The van der Waals surface area contributed by atoms with Crippen LogP contribution in [0.15, 0.2) is 30.3 Å². The smallest absolute Gasteiger partial charge is 0.263 e. The van der Waals surface area contributed by atoms with Gasteiger partial charge in [-0.3, -0.25) is 4.79 Å². The molecule has 1 aromatic heterocycles. The van der Waals surface area contributed by atoms with E-state index in [1.54, 1.807) is 37.3 Å². The van der Waals surface area contributed by atoms with Gasteiger partial charge < -0.3 is 15.8 Å². The van der Waals surface area contributed by atoms with Crippen LogP contribution in [-0.4, -0.2) is 17.5 Å². The van der Waals surface area contributed by atoms with Gasteiger partial charge >= 0.3 is 0 Å². The highest BCUT2D eigenvalue weighted by Crippen LogP contribution is 2.27. The molecule has 21 heavy (non-hydrogen) atoms. The molecule has 2 aromatic rings. The summed E-state index contributed by atoms with van der Waals surface area (Å²) in [5.41, 5.74) is 6.87. The number of anilines is 2. The molecule has 5 nitrogen and oxygen atoms in total. The van der Waals surface area contributed by atoms with Crippen LogP contribution in [0, 0.1) is 6.92 Å². The van der Waals surface area contributed by atoms with E-state index in [0.29, 0.717) is 33.0 Å². The number of pyridine rings is 1. The first kappa shape index (κ1) is 15.4. The second kappa shape index (κ2) is 6.65. The van der Waals surface area contributed by atoms with Crippen LogP contribution < -0.4 is 15.8 Å². The van der Waals surface area contributed by atoms with E-state index in [1.165, 1.54) is 0 Å². The molecule has 0 spiro atoms. The fourth-order valence-electron chi connectivity index (χ4n) is 1.56. The number of nitrogen functional groups attached to an aromatic ring is 1. The lowest BCUT2D eigenvalue weighted by atomic mass is 10.3. The number of halogens is 2. The molecule has 3 N–H and O–H groups in total. The first-order valence-corrected chi connectivity index (χ1v) is 6.82. The van der Waals surface area contributed by atoms with E-state index in [2.05, 4.69) is 10.3 Å². The van der Waals surface area contributed by atoms with Gasteiger partial charge in [-0.15, -0.1) is 0 Å². The normalized spacial score (nSPS) is 10.2. The average Bonchev–Trinajstić information content (AvgIpc) is 2.42. The third-order valence-electron chi connectivity index (χ3n) is 2.65. The lowest BCUT2D eigenvalue weighted by Gasteiger charge is -2.09. The summed E-state index contributed by atoms with van der Waals surface area (Å²) in [4.78, 5) is 15.9. The number of benzene rings is 1. The van der Waals surface area contributed by atoms with E-state index in [-0.39, 0.29) is 12.5 Å². The zero-order valence-corrected chi connectivity index (χ0v) is 12.7. The molecule has 0 unspecified atom stereocenters. The van der Waals surface area contributed by atoms with Crippen molar-refractivity contribution in [2.45, 2.75) is 6.92 Å². The number of hydrogen-bond acceptors (Lipinski definition) is 4. The lowest BCUT2D eigenvalue weighted by Crippen LogP contribution is -2.21. The quantitative estimate of drug-likeness (QED) is 0.904. The molecule has 7 heteroatoms. The van der Waals surface area contributed by atoms with E-state index in [4.69, 9.17) is 33.7 Å². The van der Waals surface area contributed by atoms with Gasteiger partial charge in [0.2, 0.25) is 0 Å². The van der Waals surface area contributed by atoms with Crippen molar-refractivity contribution in [1.82, 2.24) is 4.98 Å². The summed E-state index contributed by atoms with van der Waals surface area (Å²) in [5, 5.41) is 3.45. The monoisotopic (exact) mass is 325 g/mol. The predicted octanol–water partition coefficient (Wildman–Crippen LogP) is 3.30. The Morgan fingerprint density at radius 3 is 2.76 bits per heavy atom. The van der Waals surface area contributed by atoms with Gasteiger partial charge in [0.15, 0.2) is 6.61 Å². The van der Waals surface area contributed by atoms with Crippen molar-refractivity contribution in [3.8, 4) is 5.75 Å². The van der Waals surface area contributed by atoms with Crippen LogP contribution >= 0.6 is 23.2 Å². The molecule has 0 saturated heterocycles. The SMILES string of the molecule is Cc1nc(NC(=O)COc2ccc(Cl)cc2Cl)ccc1N. The Kier molecular flexibility index (Phi) is 4.88. The third kappa shape index (κ3) is 4.24. The van der Waals surface area contributed by atoms with Crippen molar-refractivity contribution < 1.29 is 9.53 Å². The second-order valence-electron chi connectivity index (χ2n) is 4.28. The van der Waals surface area contributed by atoms with E-state index < -0.39 is 0 Å². The highest BCUT2D eigenvalue weighted by atomic mass is 35.5. The fraction of sp³-hybridized carbons (Fsp3) is 0.143. The van der Waals surface area contributed by atoms with Crippen LogP contribution in [-0.2, 0) is 4.79 Å². The minimum atomic E-state index is -0.349. The molecular formula is C14H13Cl2N3O2. The summed E-state index contributed by atoms with van der Waals surface area (Å²) < 4.78 is 5.32. The van der Waals surface area contributed by atoms with Gasteiger partial charge in [0, 0.05) is 5.02 Å². The molecule has 0 aliphatic rings. The molecule has 1 heterocycles. The minimum Gasteiger partial charge on any atom is -0.482 e.